The number of aryl methyl sites for hydroxylation is 2. The van der Waals surface area contributed by atoms with Crippen molar-refractivity contribution >= 4 is 11.6 Å². The molecule has 0 saturated heterocycles. The third-order valence-corrected chi connectivity index (χ3v) is 4.22. The number of hydrogen-bond acceptors (Lipinski definition) is 4. The van der Waals surface area contributed by atoms with E-state index < -0.39 is 5.91 Å². The third kappa shape index (κ3) is 2.71. The van der Waals surface area contributed by atoms with Gasteiger partial charge >= 0.3 is 0 Å². The molecule has 2 N–H and O–H groups in total. The SMILES string of the molecule is Cc1cc(C)nc(-c2ncccc2-c2ccc3ncc(C(N)=O)n3c2)c1. The van der Waals surface area contributed by atoms with Gasteiger partial charge in [0.15, 0.2) is 0 Å². The van der Waals surface area contributed by atoms with Gasteiger partial charge in [-0.1, -0.05) is 6.07 Å². The molecule has 1 amide bonds. The number of carbonyl (C=O) groups is 1. The van der Waals surface area contributed by atoms with Crippen molar-refractivity contribution in [2.24, 2.45) is 5.73 Å². The molecule has 6 nitrogen and oxygen atoms in total. The average Bonchev–Trinajstić information content (AvgIpc) is 3.04. The molecule has 128 valence electrons. The second-order valence-electron chi connectivity index (χ2n) is 6.22. The van der Waals surface area contributed by atoms with Crippen LogP contribution in [0.25, 0.3) is 28.2 Å². The van der Waals surface area contributed by atoms with Crippen LogP contribution in [-0.2, 0) is 0 Å². The second-order valence-corrected chi connectivity index (χ2v) is 6.22. The Hall–Kier alpha value is -3.54. The molecule has 6 heteroatoms. The molecule has 4 aromatic rings. The van der Waals surface area contributed by atoms with Crippen molar-refractivity contribution in [3.05, 3.63) is 71.9 Å². The maximum atomic E-state index is 11.6. The van der Waals surface area contributed by atoms with Crippen LogP contribution in [0.15, 0.2) is 55.0 Å². The number of rotatable bonds is 3. The van der Waals surface area contributed by atoms with Gasteiger partial charge in [0.1, 0.15) is 11.3 Å². The number of imidazole rings is 1. The fourth-order valence-electron chi connectivity index (χ4n) is 3.13. The molecule has 4 heterocycles. The van der Waals surface area contributed by atoms with E-state index in [4.69, 9.17) is 5.73 Å². The van der Waals surface area contributed by atoms with Gasteiger partial charge in [-0.2, -0.15) is 0 Å². The smallest absolute Gasteiger partial charge is 0.267 e. The maximum absolute atomic E-state index is 11.6. The standard InChI is InChI=1S/C20H17N5O/c1-12-8-13(2)24-16(9-12)19-15(4-3-7-22-19)14-5-6-18-23-10-17(20(21)26)25(18)11-14/h3-11H,1-2H3,(H2,21,26). The fourth-order valence-corrected chi connectivity index (χ4v) is 3.13. The molecule has 0 radical (unpaired) electrons. The van der Waals surface area contributed by atoms with E-state index in [0.717, 1.165) is 33.8 Å². The highest BCUT2D eigenvalue weighted by Crippen LogP contribution is 2.30. The zero-order valence-corrected chi connectivity index (χ0v) is 14.5. The van der Waals surface area contributed by atoms with Crippen LogP contribution in [0.2, 0.25) is 0 Å². The Kier molecular flexibility index (Phi) is 3.73. The lowest BCUT2D eigenvalue weighted by molar-refractivity contribution is 0.0995. The van der Waals surface area contributed by atoms with E-state index in [-0.39, 0.29) is 0 Å². The van der Waals surface area contributed by atoms with Gasteiger partial charge in [-0.05, 0) is 49.7 Å². The summed E-state index contributed by atoms with van der Waals surface area (Å²) in [6, 6.07) is 11.7. The Morgan fingerprint density at radius 3 is 2.73 bits per heavy atom. The minimum Gasteiger partial charge on any atom is -0.364 e. The molecule has 26 heavy (non-hydrogen) atoms. The topological polar surface area (TPSA) is 86.2 Å². The second kappa shape index (κ2) is 6.07. The number of pyridine rings is 3. The Bertz CT molecular complexity index is 1130. The van der Waals surface area contributed by atoms with Gasteiger partial charge in [0.2, 0.25) is 0 Å². The molecule has 4 rings (SSSR count). The molecule has 0 aliphatic heterocycles. The van der Waals surface area contributed by atoms with E-state index in [1.807, 2.05) is 56.4 Å². The van der Waals surface area contributed by atoms with Crippen molar-refractivity contribution in [3.8, 4) is 22.5 Å². The van der Waals surface area contributed by atoms with Crippen molar-refractivity contribution in [1.29, 1.82) is 0 Å². The van der Waals surface area contributed by atoms with Crippen LogP contribution in [0.3, 0.4) is 0 Å². The van der Waals surface area contributed by atoms with E-state index in [9.17, 15) is 4.79 Å². The molecule has 4 aromatic heterocycles. The first-order valence-corrected chi connectivity index (χ1v) is 8.21. The van der Waals surface area contributed by atoms with E-state index in [1.165, 1.54) is 6.20 Å². The number of nitrogens with two attached hydrogens (primary N) is 1. The molecular formula is C20H17N5O. The third-order valence-electron chi connectivity index (χ3n) is 4.22. The summed E-state index contributed by atoms with van der Waals surface area (Å²) in [4.78, 5) is 25.0. The van der Waals surface area contributed by atoms with Crippen molar-refractivity contribution < 1.29 is 4.79 Å². The van der Waals surface area contributed by atoms with Gasteiger partial charge in [-0.25, -0.2) is 4.98 Å². The molecule has 0 unspecified atom stereocenters. The lowest BCUT2D eigenvalue weighted by Crippen LogP contribution is -2.13. The van der Waals surface area contributed by atoms with Gasteiger partial charge in [0.25, 0.3) is 5.91 Å². The van der Waals surface area contributed by atoms with E-state index in [1.54, 1.807) is 10.6 Å². The van der Waals surface area contributed by atoms with Gasteiger partial charge in [0, 0.05) is 29.2 Å². The molecule has 0 atom stereocenters. The number of aromatic nitrogens is 4. The number of fused-ring (bicyclic) bond motifs is 1. The highest BCUT2D eigenvalue weighted by molar-refractivity contribution is 5.92. The minimum atomic E-state index is -0.517. The summed E-state index contributed by atoms with van der Waals surface area (Å²) in [6.45, 7) is 4.01. The van der Waals surface area contributed by atoms with Crippen LogP contribution in [0.4, 0.5) is 0 Å². The van der Waals surface area contributed by atoms with Crippen LogP contribution in [0.5, 0.6) is 0 Å². The molecular weight excluding hydrogens is 326 g/mol. The van der Waals surface area contributed by atoms with Crippen LogP contribution in [-0.4, -0.2) is 25.3 Å². The van der Waals surface area contributed by atoms with Crippen molar-refractivity contribution in [3.63, 3.8) is 0 Å². The molecule has 0 spiro atoms. The summed E-state index contributed by atoms with van der Waals surface area (Å²) in [5.74, 6) is -0.517. The van der Waals surface area contributed by atoms with Gasteiger partial charge in [-0.3, -0.25) is 19.2 Å². The quantitative estimate of drug-likeness (QED) is 0.619. The normalized spacial score (nSPS) is 11.0. The largest absolute Gasteiger partial charge is 0.364 e. The predicted octanol–water partition coefficient (Wildman–Crippen LogP) is 3.17. The number of hydrogen-bond donors (Lipinski definition) is 1. The van der Waals surface area contributed by atoms with E-state index in [2.05, 4.69) is 15.0 Å². The molecule has 0 bridgehead atoms. The molecule has 0 fully saturated rings. The Morgan fingerprint density at radius 2 is 1.96 bits per heavy atom. The van der Waals surface area contributed by atoms with Crippen LogP contribution >= 0.6 is 0 Å². The Balaban J connectivity index is 1.93. The summed E-state index contributed by atoms with van der Waals surface area (Å²) in [6.07, 6.45) is 5.09. The summed E-state index contributed by atoms with van der Waals surface area (Å²) < 4.78 is 1.70. The fraction of sp³-hybridized carbons (Fsp3) is 0.100. The lowest BCUT2D eigenvalue weighted by atomic mass is 10.0. The van der Waals surface area contributed by atoms with E-state index in [0.29, 0.717) is 11.3 Å². The highest BCUT2D eigenvalue weighted by atomic mass is 16.1. The summed E-state index contributed by atoms with van der Waals surface area (Å²) in [5, 5.41) is 0. The molecule has 0 aliphatic carbocycles. The van der Waals surface area contributed by atoms with Gasteiger partial charge < -0.3 is 5.73 Å². The minimum absolute atomic E-state index is 0.344. The monoisotopic (exact) mass is 343 g/mol. The zero-order valence-electron chi connectivity index (χ0n) is 14.5. The van der Waals surface area contributed by atoms with Crippen molar-refractivity contribution in [2.75, 3.05) is 0 Å². The summed E-state index contributed by atoms with van der Waals surface area (Å²) in [7, 11) is 0. The number of primary amides is 1. The summed E-state index contributed by atoms with van der Waals surface area (Å²) >= 11 is 0. The average molecular weight is 343 g/mol. The Morgan fingerprint density at radius 1 is 1.12 bits per heavy atom. The zero-order chi connectivity index (χ0) is 18.3. The number of amides is 1. The maximum Gasteiger partial charge on any atom is 0.267 e. The predicted molar refractivity (Wildman–Crippen MR) is 99.6 cm³/mol. The first kappa shape index (κ1) is 16.0. The van der Waals surface area contributed by atoms with Crippen molar-refractivity contribution in [2.45, 2.75) is 13.8 Å². The van der Waals surface area contributed by atoms with E-state index >= 15 is 0 Å². The first-order valence-electron chi connectivity index (χ1n) is 8.21. The van der Waals surface area contributed by atoms with Crippen LogP contribution in [0.1, 0.15) is 21.7 Å². The van der Waals surface area contributed by atoms with Crippen molar-refractivity contribution in [1.82, 2.24) is 19.4 Å². The summed E-state index contributed by atoms with van der Waals surface area (Å²) in [5.41, 5.74) is 12.0. The van der Waals surface area contributed by atoms with Gasteiger partial charge in [0.05, 0.1) is 17.6 Å². The van der Waals surface area contributed by atoms with Crippen LogP contribution in [0, 0.1) is 13.8 Å². The first-order chi connectivity index (χ1) is 12.5. The van der Waals surface area contributed by atoms with Crippen LogP contribution < -0.4 is 5.73 Å². The number of carbonyl (C=O) groups excluding carboxylic acids is 1. The highest BCUT2D eigenvalue weighted by Gasteiger charge is 2.14. The Labute approximate surface area is 150 Å². The lowest BCUT2D eigenvalue weighted by Gasteiger charge is -2.10. The molecule has 0 aliphatic rings. The molecule has 0 aromatic carbocycles. The van der Waals surface area contributed by atoms with Gasteiger partial charge in [-0.15, -0.1) is 0 Å². The molecule has 0 saturated carbocycles. The number of nitrogens with zero attached hydrogens (tertiary/aromatic N) is 4.